The fourth-order valence-electron chi connectivity index (χ4n) is 2.39. The molecule has 7 nitrogen and oxygen atoms in total. The average molecular weight is 343 g/mol. The summed E-state index contributed by atoms with van der Waals surface area (Å²) in [5.74, 6) is 0.160. The fraction of sp³-hybridized carbons (Fsp3) is 0.389. The van der Waals surface area contributed by atoms with Crippen LogP contribution in [-0.2, 0) is 22.6 Å². The van der Waals surface area contributed by atoms with Crippen molar-refractivity contribution >= 4 is 11.9 Å². The predicted molar refractivity (Wildman–Crippen MR) is 97.2 cm³/mol. The summed E-state index contributed by atoms with van der Waals surface area (Å²) in [6.45, 7) is 3.62. The molecule has 1 aromatic heterocycles. The Balaban J connectivity index is 1.92. The summed E-state index contributed by atoms with van der Waals surface area (Å²) < 4.78 is 6.62. The van der Waals surface area contributed by atoms with Crippen molar-refractivity contribution in [3.8, 4) is 0 Å². The monoisotopic (exact) mass is 343 g/mol. The lowest BCUT2D eigenvalue weighted by Crippen LogP contribution is -2.40. The van der Waals surface area contributed by atoms with Gasteiger partial charge in [-0.05, 0) is 17.2 Å². The zero-order valence-electron chi connectivity index (χ0n) is 14.9. The quantitative estimate of drug-likeness (QED) is 0.451. The number of aliphatic imine (C=N–C) groups is 1. The molecular formula is C18H25N5O2. The molecule has 2 rings (SSSR count). The van der Waals surface area contributed by atoms with Gasteiger partial charge < -0.3 is 15.4 Å². The minimum Gasteiger partial charge on any atom is -0.469 e. The van der Waals surface area contributed by atoms with Crippen molar-refractivity contribution in [1.82, 2.24) is 20.4 Å². The molecule has 0 aliphatic carbocycles. The van der Waals surface area contributed by atoms with Gasteiger partial charge in [-0.2, -0.15) is 5.10 Å². The van der Waals surface area contributed by atoms with Crippen LogP contribution in [0.25, 0.3) is 0 Å². The third-order valence-electron chi connectivity index (χ3n) is 3.86. The number of nitrogens with one attached hydrogen (secondary N) is 2. The molecule has 1 heterocycles. The second-order valence-corrected chi connectivity index (χ2v) is 5.70. The smallest absolute Gasteiger partial charge is 0.310 e. The Morgan fingerprint density at radius 3 is 2.68 bits per heavy atom. The molecule has 7 heteroatoms. The molecule has 0 fully saturated rings. The van der Waals surface area contributed by atoms with E-state index in [1.807, 2.05) is 36.0 Å². The van der Waals surface area contributed by atoms with Gasteiger partial charge in [0.2, 0.25) is 0 Å². The van der Waals surface area contributed by atoms with Crippen molar-refractivity contribution in [2.45, 2.75) is 20.0 Å². The Morgan fingerprint density at radius 2 is 2.04 bits per heavy atom. The van der Waals surface area contributed by atoms with Crippen LogP contribution in [0.5, 0.6) is 0 Å². The first kappa shape index (κ1) is 18.5. The third-order valence-corrected chi connectivity index (χ3v) is 3.86. The first-order chi connectivity index (χ1) is 12.1. The Kier molecular flexibility index (Phi) is 7.00. The molecule has 1 aromatic carbocycles. The van der Waals surface area contributed by atoms with Crippen LogP contribution in [-0.4, -0.2) is 42.4 Å². The van der Waals surface area contributed by atoms with E-state index in [9.17, 15) is 4.79 Å². The largest absolute Gasteiger partial charge is 0.469 e. The Hall–Kier alpha value is -2.83. The Morgan fingerprint density at radius 1 is 1.28 bits per heavy atom. The van der Waals surface area contributed by atoms with Gasteiger partial charge in [-0.15, -0.1) is 0 Å². The highest BCUT2D eigenvalue weighted by Gasteiger charge is 2.13. The molecule has 0 bridgehead atoms. The van der Waals surface area contributed by atoms with Gasteiger partial charge in [-0.1, -0.05) is 31.2 Å². The number of guanidine groups is 1. The van der Waals surface area contributed by atoms with E-state index in [4.69, 9.17) is 4.74 Å². The number of methoxy groups -OCH3 is 1. The SMILES string of the molecule is CN=C(NCc1ccccc1Cn1cccn1)NCC(C)C(=O)OC. The predicted octanol–water partition coefficient (Wildman–Crippen LogP) is 1.41. The number of esters is 1. The van der Waals surface area contributed by atoms with Gasteiger partial charge >= 0.3 is 5.97 Å². The van der Waals surface area contributed by atoms with Crippen LogP contribution in [0.4, 0.5) is 0 Å². The Labute approximate surface area is 148 Å². The molecule has 2 aromatic rings. The number of aromatic nitrogens is 2. The summed E-state index contributed by atoms with van der Waals surface area (Å²) in [7, 11) is 3.09. The highest BCUT2D eigenvalue weighted by Crippen LogP contribution is 2.10. The molecule has 1 atom stereocenters. The van der Waals surface area contributed by atoms with E-state index < -0.39 is 0 Å². The van der Waals surface area contributed by atoms with E-state index in [0.29, 0.717) is 19.0 Å². The maximum absolute atomic E-state index is 11.5. The van der Waals surface area contributed by atoms with Crippen molar-refractivity contribution in [3.63, 3.8) is 0 Å². The minimum atomic E-state index is -0.243. The van der Waals surface area contributed by atoms with E-state index >= 15 is 0 Å². The molecule has 0 aliphatic rings. The second kappa shape index (κ2) is 9.46. The number of carbonyl (C=O) groups is 1. The second-order valence-electron chi connectivity index (χ2n) is 5.70. The molecule has 0 saturated carbocycles. The number of rotatable bonds is 7. The van der Waals surface area contributed by atoms with E-state index in [-0.39, 0.29) is 11.9 Å². The van der Waals surface area contributed by atoms with Crippen molar-refractivity contribution < 1.29 is 9.53 Å². The van der Waals surface area contributed by atoms with Crippen molar-refractivity contribution in [3.05, 3.63) is 53.9 Å². The number of benzene rings is 1. The first-order valence-electron chi connectivity index (χ1n) is 8.20. The molecule has 1 unspecified atom stereocenters. The van der Waals surface area contributed by atoms with Crippen LogP contribution in [0, 0.1) is 5.92 Å². The van der Waals surface area contributed by atoms with Crippen LogP contribution in [0.1, 0.15) is 18.1 Å². The van der Waals surface area contributed by atoms with Gasteiger partial charge in [0.05, 0.1) is 19.6 Å². The van der Waals surface area contributed by atoms with Crippen LogP contribution < -0.4 is 10.6 Å². The highest BCUT2D eigenvalue weighted by molar-refractivity contribution is 5.80. The van der Waals surface area contributed by atoms with Crippen molar-refractivity contribution in [1.29, 1.82) is 0 Å². The zero-order valence-corrected chi connectivity index (χ0v) is 14.9. The summed E-state index contributed by atoms with van der Waals surface area (Å²) in [5, 5.41) is 10.7. The summed E-state index contributed by atoms with van der Waals surface area (Å²) in [5.41, 5.74) is 2.36. The third kappa shape index (κ3) is 5.63. The van der Waals surface area contributed by atoms with Crippen LogP contribution in [0.15, 0.2) is 47.7 Å². The van der Waals surface area contributed by atoms with Crippen LogP contribution in [0.2, 0.25) is 0 Å². The lowest BCUT2D eigenvalue weighted by atomic mass is 10.1. The zero-order chi connectivity index (χ0) is 18.1. The maximum Gasteiger partial charge on any atom is 0.310 e. The lowest BCUT2D eigenvalue weighted by Gasteiger charge is -2.16. The molecule has 0 saturated heterocycles. The van der Waals surface area contributed by atoms with E-state index in [1.54, 1.807) is 13.2 Å². The number of hydrogen-bond acceptors (Lipinski definition) is 4. The van der Waals surface area contributed by atoms with E-state index in [2.05, 4.69) is 32.9 Å². The van der Waals surface area contributed by atoms with Gasteiger partial charge in [0.15, 0.2) is 5.96 Å². The average Bonchev–Trinajstić information content (AvgIpc) is 3.15. The first-order valence-corrected chi connectivity index (χ1v) is 8.20. The standard InChI is InChI=1S/C18H25N5O2/c1-14(17(24)25-3)11-20-18(19-2)21-12-15-7-4-5-8-16(15)13-23-10-6-9-22-23/h4-10,14H,11-13H2,1-3H3,(H2,19,20,21). The molecule has 0 amide bonds. The normalized spacial score (nSPS) is 12.5. The van der Waals surface area contributed by atoms with E-state index in [0.717, 1.165) is 6.54 Å². The molecule has 2 N–H and O–H groups in total. The van der Waals surface area contributed by atoms with Crippen molar-refractivity contribution in [2.75, 3.05) is 20.7 Å². The summed E-state index contributed by atoms with van der Waals surface area (Å²) in [6.07, 6.45) is 3.72. The number of hydrogen-bond donors (Lipinski definition) is 2. The molecule has 0 aliphatic heterocycles. The molecule has 25 heavy (non-hydrogen) atoms. The lowest BCUT2D eigenvalue weighted by molar-refractivity contribution is -0.144. The number of nitrogens with zero attached hydrogens (tertiary/aromatic N) is 3. The summed E-state index contributed by atoms with van der Waals surface area (Å²) in [6, 6.07) is 10.1. The molecular weight excluding hydrogens is 318 g/mol. The Bertz CT molecular complexity index is 697. The number of carbonyl (C=O) groups excluding carboxylic acids is 1. The minimum absolute atomic E-state index is 0.240. The molecule has 0 spiro atoms. The molecule has 0 radical (unpaired) electrons. The fourth-order valence-corrected chi connectivity index (χ4v) is 2.39. The van der Waals surface area contributed by atoms with Crippen LogP contribution >= 0.6 is 0 Å². The van der Waals surface area contributed by atoms with Crippen LogP contribution in [0.3, 0.4) is 0 Å². The summed E-state index contributed by atoms with van der Waals surface area (Å²) in [4.78, 5) is 15.6. The van der Waals surface area contributed by atoms with Crippen molar-refractivity contribution in [2.24, 2.45) is 10.9 Å². The van der Waals surface area contributed by atoms with Gasteiger partial charge in [0.1, 0.15) is 0 Å². The highest BCUT2D eigenvalue weighted by atomic mass is 16.5. The van der Waals surface area contributed by atoms with Gasteiger partial charge in [0, 0.05) is 32.5 Å². The molecule has 134 valence electrons. The van der Waals surface area contributed by atoms with Gasteiger partial charge in [-0.25, -0.2) is 0 Å². The summed E-state index contributed by atoms with van der Waals surface area (Å²) >= 11 is 0. The maximum atomic E-state index is 11.5. The van der Waals surface area contributed by atoms with Gasteiger partial charge in [-0.3, -0.25) is 14.5 Å². The van der Waals surface area contributed by atoms with E-state index in [1.165, 1.54) is 18.2 Å². The number of ether oxygens (including phenoxy) is 1. The van der Waals surface area contributed by atoms with Gasteiger partial charge in [0.25, 0.3) is 0 Å². The topological polar surface area (TPSA) is 80.5 Å².